The third-order valence-electron chi connectivity index (χ3n) is 4.04. The molecule has 1 fully saturated rings. The molecule has 0 bridgehead atoms. The van der Waals surface area contributed by atoms with Gasteiger partial charge >= 0.3 is 5.97 Å². The van der Waals surface area contributed by atoms with E-state index in [9.17, 15) is 9.59 Å². The van der Waals surface area contributed by atoms with Crippen molar-refractivity contribution >= 4 is 18.0 Å². The molecule has 2 aliphatic rings. The number of fused-ring (bicyclic) bond motifs is 1. The van der Waals surface area contributed by atoms with E-state index in [2.05, 4.69) is 18.8 Å². The zero-order valence-corrected chi connectivity index (χ0v) is 10.8. The first-order valence-corrected chi connectivity index (χ1v) is 6.08. The van der Waals surface area contributed by atoms with Gasteiger partial charge in [-0.1, -0.05) is 13.8 Å². The molecule has 0 N–H and O–H groups in total. The van der Waals surface area contributed by atoms with E-state index in [1.165, 1.54) is 0 Å². The third-order valence-corrected chi connectivity index (χ3v) is 4.04. The number of carbonyl (C=O) groups is 2. The van der Waals surface area contributed by atoms with Crippen LogP contribution in [0.3, 0.4) is 0 Å². The molecule has 0 saturated heterocycles. The standard InChI is InChI=1S/C13H19NO3/c1-5-17-11(16)13(4)10-8(7-14-13)12(2,3)6-9(10)15/h7-8,10H,5-6H2,1-4H3/t8-,10+,13?/m0/s1. The van der Waals surface area contributed by atoms with Crippen molar-refractivity contribution < 1.29 is 14.3 Å². The number of nitrogens with zero attached hydrogens (tertiary/aromatic N) is 1. The summed E-state index contributed by atoms with van der Waals surface area (Å²) in [4.78, 5) is 28.4. The molecule has 0 spiro atoms. The van der Waals surface area contributed by atoms with Gasteiger partial charge in [-0.2, -0.15) is 0 Å². The number of ketones is 1. The van der Waals surface area contributed by atoms with Gasteiger partial charge in [0.2, 0.25) is 0 Å². The summed E-state index contributed by atoms with van der Waals surface area (Å²) >= 11 is 0. The quantitative estimate of drug-likeness (QED) is 0.686. The topological polar surface area (TPSA) is 55.7 Å². The predicted molar refractivity (Wildman–Crippen MR) is 63.9 cm³/mol. The first kappa shape index (κ1) is 12.3. The third kappa shape index (κ3) is 1.61. The predicted octanol–water partition coefficient (Wildman–Crippen LogP) is 1.62. The second kappa shape index (κ2) is 3.65. The highest BCUT2D eigenvalue weighted by Gasteiger charge is 2.61. The maximum atomic E-state index is 12.1. The molecule has 1 aliphatic heterocycles. The minimum Gasteiger partial charge on any atom is -0.464 e. The number of esters is 1. The average Bonchev–Trinajstić information content (AvgIpc) is 2.67. The number of Topliss-reactive ketones (excluding diaryl/α,β-unsaturated/α-hetero) is 1. The van der Waals surface area contributed by atoms with Crippen LogP contribution < -0.4 is 0 Å². The van der Waals surface area contributed by atoms with E-state index in [0.29, 0.717) is 13.0 Å². The van der Waals surface area contributed by atoms with Crippen molar-refractivity contribution in [3.05, 3.63) is 0 Å². The molecule has 0 amide bonds. The van der Waals surface area contributed by atoms with E-state index >= 15 is 0 Å². The Kier molecular flexibility index (Phi) is 2.64. The van der Waals surface area contributed by atoms with Crippen LogP contribution in [0.2, 0.25) is 0 Å². The molecule has 1 saturated carbocycles. The second-order valence-corrected chi connectivity index (χ2v) is 5.78. The summed E-state index contributed by atoms with van der Waals surface area (Å²) in [6.45, 7) is 7.90. The first-order valence-electron chi connectivity index (χ1n) is 6.08. The van der Waals surface area contributed by atoms with E-state index in [4.69, 9.17) is 4.74 Å². The highest BCUT2D eigenvalue weighted by molar-refractivity contribution is 6.00. The van der Waals surface area contributed by atoms with Crippen LogP contribution in [0.25, 0.3) is 0 Å². The molecule has 0 aromatic rings. The van der Waals surface area contributed by atoms with Crippen LogP contribution in [0.15, 0.2) is 4.99 Å². The lowest BCUT2D eigenvalue weighted by molar-refractivity contribution is -0.152. The largest absolute Gasteiger partial charge is 0.464 e. The van der Waals surface area contributed by atoms with Crippen molar-refractivity contribution in [1.29, 1.82) is 0 Å². The lowest BCUT2D eigenvalue weighted by Crippen LogP contribution is -2.44. The van der Waals surface area contributed by atoms with Crippen LogP contribution in [0.4, 0.5) is 0 Å². The van der Waals surface area contributed by atoms with Gasteiger partial charge in [-0.05, 0) is 19.3 Å². The molecular formula is C13H19NO3. The number of carbonyl (C=O) groups excluding carboxylic acids is 2. The van der Waals surface area contributed by atoms with E-state index in [1.54, 1.807) is 20.1 Å². The fourth-order valence-electron chi connectivity index (χ4n) is 3.05. The van der Waals surface area contributed by atoms with Crippen LogP contribution in [0, 0.1) is 17.3 Å². The minimum atomic E-state index is -1.01. The number of hydrogen-bond donors (Lipinski definition) is 0. The van der Waals surface area contributed by atoms with Crippen LogP contribution in [-0.4, -0.2) is 30.1 Å². The van der Waals surface area contributed by atoms with Gasteiger partial charge < -0.3 is 4.74 Å². The molecule has 0 radical (unpaired) electrons. The maximum absolute atomic E-state index is 12.1. The molecular weight excluding hydrogens is 218 g/mol. The molecule has 1 heterocycles. The normalized spacial score (nSPS) is 38.2. The molecule has 1 aliphatic carbocycles. The summed E-state index contributed by atoms with van der Waals surface area (Å²) in [7, 11) is 0. The summed E-state index contributed by atoms with van der Waals surface area (Å²) in [6.07, 6.45) is 2.30. The Hall–Kier alpha value is -1.19. The van der Waals surface area contributed by atoms with Crippen molar-refractivity contribution in [2.45, 2.75) is 39.7 Å². The number of ether oxygens (including phenoxy) is 1. The maximum Gasteiger partial charge on any atom is 0.334 e. The Morgan fingerprint density at radius 2 is 2.18 bits per heavy atom. The fraction of sp³-hybridized carbons (Fsp3) is 0.769. The molecule has 3 atom stereocenters. The van der Waals surface area contributed by atoms with Gasteiger partial charge in [0.05, 0.1) is 12.5 Å². The molecule has 4 nitrogen and oxygen atoms in total. The van der Waals surface area contributed by atoms with Gasteiger partial charge in [0.15, 0.2) is 5.54 Å². The summed E-state index contributed by atoms with van der Waals surface area (Å²) in [5.74, 6) is -0.524. The second-order valence-electron chi connectivity index (χ2n) is 5.78. The lowest BCUT2D eigenvalue weighted by Gasteiger charge is -2.27. The molecule has 17 heavy (non-hydrogen) atoms. The van der Waals surface area contributed by atoms with Crippen LogP contribution in [0.5, 0.6) is 0 Å². The highest BCUT2D eigenvalue weighted by atomic mass is 16.5. The van der Waals surface area contributed by atoms with E-state index < -0.39 is 5.54 Å². The van der Waals surface area contributed by atoms with Gasteiger partial charge in [-0.3, -0.25) is 9.79 Å². The Labute approximate surface area is 101 Å². The lowest BCUT2D eigenvalue weighted by atomic mass is 9.75. The number of hydrogen-bond acceptors (Lipinski definition) is 4. The summed E-state index contributed by atoms with van der Waals surface area (Å²) in [5, 5.41) is 0. The van der Waals surface area contributed by atoms with Gasteiger partial charge in [0, 0.05) is 18.6 Å². The van der Waals surface area contributed by atoms with Crippen molar-refractivity contribution in [3.8, 4) is 0 Å². The molecule has 4 heteroatoms. The van der Waals surface area contributed by atoms with Crippen LogP contribution >= 0.6 is 0 Å². The Bertz CT molecular complexity index is 399. The Morgan fingerprint density at radius 1 is 1.53 bits per heavy atom. The van der Waals surface area contributed by atoms with Gasteiger partial charge in [0.1, 0.15) is 5.78 Å². The highest BCUT2D eigenvalue weighted by Crippen LogP contribution is 2.51. The summed E-state index contributed by atoms with van der Waals surface area (Å²) in [6, 6.07) is 0. The van der Waals surface area contributed by atoms with Gasteiger partial charge in [-0.15, -0.1) is 0 Å². The summed E-state index contributed by atoms with van der Waals surface area (Å²) in [5.41, 5.74) is -1.11. The molecule has 94 valence electrons. The monoisotopic (exact) mass is 237 g/mol. The van der Waals surface area contributed by atoms with E-state index in [-0.39, 0.29) is 29.0 Å². The average molecular weight is 237 g/mol. The Morgan fingerprint density at radius 3 is 2.76 bits per heavy atom. The first-order chi connectivity index (χ1) is 7.83. The van der Waals surface area contributed by atoms with E-state index in [1.807, 2.05) is 0 Å². The smallest absolute Gasteiger partial charge is 0.334 e. The fourth-order valence-corrected chi connectivity index (χ4v) is 3.05. The number of rotatable bonds is 2. The SMILES string of the molecule is CCOC(=O)C1(C)N=C[C@H]2[C@@H]1C(=O)CC2(C)C. The molecule has 0 aromatic carbocycles. The van der Waals surface area contributed by atoms with E-state index in [0.717, 1.165) is 0 Å². The zero-order valence-electron chi connectivity index (χ0n) is 10.8. The molecule has 1 unspecified atom stereocenters. The Balaban J connectivity index is 2.33. The van der Waals surface area contributed by atoms with Gasteiger partial charge in [-0.25, -0.2) is 4.79 Å². The van der Waals surface area contributed by atoms with Crippen LogP contribution in [0.1, 0.15) is 34.1 Å². The number of aliphatic imine (C=N–C) groups is 1. The molecule has 2 rings (SSSR count). The van der Waals surface area contributed by atoms with Crippen LogP contribution in [-0.2, 0) is 14.3 Å². The van der Waals surface area contributed by atoms with Crippen molar-refractivity contribution in [2.24, 2.45) is 22.2 Å². The van der Waals surface area contributed by atoms with Crippen molar-refractivity contribution in [2.75, 3.05) is 6.61 Å². The zero-order chi connectivity index (χ0) is 12.8. The minimum absolute atomic E-state index is 0.0596. The molecule has 0 aromatic heterocycles. The summed E-state index contributed by atoms with van der Waals surface area (Å²) < 4.78 is 5.05. The van der Waals surface area contributed by atoms with Crippen molar-refractivity contribution in [1.82, 2.24) is 0 Å². The van der Waals surface area contributed by atoms with Crippen molar-refractivity contribution in [3.63, 3.8) is 0 Å². The van der Waals surface area contributed by atoms with Gasteiger partial charge in [0.25, 0.3) is 0 Å².